The Bertz CT molecular complexity index is 527. The first-order valence-electron chi connectivity index (χ1n) is 5.53. The second kappa shape index (κ2) is 4.83. The molecular formula is C15H14O2. The van der Waals surface area contributed by atoms with E-state index in [2.05, 4.69) is 25.1 Å². The van der Waals surface area contributed by atoms with Crippen molar-refractivity contribution in [3.05, 3.63) is 70.8 Å². The zero-order chi connectivity index (χ0) is 12.3. The van der Waals surface area contributed by atoms with Crippen molar-refractivity contribution in [2.45, 2.75) is 13.3 Å². The molecule has 2 rings (SSSR count). The Kier molecular flexibility index (Phi) is 3.24. The van der Waals surface area contributed by atoms with Crippen LogP contribution in [0.5, 0.6) is 0 Å². The first-order valence-corrected chi connectivity index (χ1v) is 5.53. The van der Waals surface area contributed by atoms with E-state index >= 15 is 0 Å². The van der Waals surface area contributed by atoms with Crippen LogP contribution in [0.25, 0.3) is 0 Å². The topological polar surface area (TPSA) is 37.3 Å². The minimum absolute atomic E-state index is 0.331. The molecule has 0 aliphatic rings. The summed E-state index contributed by atoms with van der Waals surface area (Å²) in [6, 6.07) is 15.4. The summed E-state index contributed by atoms with van der Waals surface area (Å²) in [6.07, 6.45) is 0.835. The summed E-state index contributed by atoms with van der Waals surface area (Å²) in [5.41, 5.74) is 3.94. The highest BCUT2D eigenvalue weighted by Crippen LogP contribution is 2.12. The Labute approximate surface area is 101 Å². The van der Waals surface area contributed by atoms with Crippen LogP contribution in [0, 0.1) is 6.92 Å². The fourth-order valence-electron chi connectivity index (χ4n) is 1.82. The van der Waals surface area contributed by atoms with Gasteiger partial charge in [-0.2, -0.15) is 0 Å². The maximum absolute atomic E-state index is 10.7. The van der Waals surface area contributed by atoms with E-state index in [1.165, 1.54) is 11.1 Å². The molecule has 0 amide bonds. The van der Waals surface area contributed by atoms with Crippen molar-refractivity contribution in [2.75, 3.05) is 0 Å². The maximum atomic E-state index is 10.7. The minimum Gasteiger partial charge on any atom is -0.478 e. The highest BCUT2D eigenvalue weighted by molar-refractivity contribution is 5.87. The van der Waals surface area contributed by atoms with Crippen LogP contribution in [0.15, 0.2) is 48.5 Å². The average Bonchev–Trinajstić information content (AvgIpc) is 2.29. The van der Waals surface area contributed by atoms with Crippen LogP contribution >= 0.6 is 0 Å². The van der Waals surface area contributed by atoms with E-state index in [0.29, 0.717) is 5.56 Å². The molecule has 0 radical (unpaired) electrons. The van der Waals surface area contributed by atoms with Crippen LogP contribution in [0.3, 0.4) is 0 Å². The quantitative estimate of drug-likeness (QED) is 0.872. The Morgan fingerprint density at radius 1 is 1.06 bits per heavy atom. The monoisotopic (exact) mass is 226 g/mol. The van der Waals surface area contributed by atoms with Gasteiger partial charge in [0.1, 0.15) is 0 Å². The first-order chi connectivity index (χ1) is 8.15. The van der Waals surface area contributed by atoms with E-state index < -0.39 is 5.97 Å². The molecule has 0 saturated carbocycles. The lowest BCUT2D eigenvalue weighted by molar-refractivity contribution is 0.0697. The van der Waals surface area contributed by atoms with Crippen LogP contribution in [-0.2, 0) is 6.42 Å². The SMILES string of the molecule is Cc1cccc(Cc2ccc(C(=O)O)cc2)c1. The Morgan fingerprint density at radius 2 is 1.76 bits per heavy atom. The van der Waals surface area contributed by atoms with Gasteiger partial charge in [-0.05, 0) is 36.6 Å². The molecule has 0 aliphatic carbocycles. The third-order valence-corrected chi connectivity index (χ3v) is 2.69. The highest BCUT2D eigenvalue weighted by Gasteiger charge is 2.02. The molecule has 0 saturated heterocycles. The first kappa shape index (κ1) is 11.4. The summed E-state index contributed by atoms with van der Waals surface area (Å²) >= 11 is 0. The van der Waals surface area contributed by atoms with Gasteiger partial charge in [-0.1, -0.05) is 42.0 Å². The second-order valence-electron chi connectivity index (χ2n) is 4.17. The van der Waals surface area contributed by atoms with Gasteiger partial charge in [0, 0.05) is 0 Å². The molecule has 0 aromatic heterocycles. The van der Waals surface area contributed by atoms with E-state index in [4.69, 9.17) is 5.11 Å². The standard InChI is InChI=1S/C15H14O2/c1-11-3-2-4-13(9-11)10-12-5-7-14(8-6-12)15(16)17/h2-9H,10H2,1H3,(H,16,17). The van der Waals surface area contributed by atoms with Crippen LogP contribution < -0.4 is 0 Å². The molecule has 2 aromatic carbocycles. The third-order valence-electron chi connectivity index (χ3n) is 2.69. The molecule has 0 aliphatic heterocycles. The van der Waals surface area contributed by atoms with Crippen LogP contribution in [0.2, 0.25) is 0 Å². The number of aromatic carboxylic acids is 1. The lowest BCUT2D eigenvalue weighted by atomic mass is 10.0. The molecule has 86 valence electrons. The zero-order valence-corrected chi connectivity index (χ0v) is 9.68. The Balaban J connectivity index is 2.16. The summed E-state index contributed by atoms with van der Waals surface area (Å²) in [5.74, 6) is -0.882. The van der Waals surface area contributed by atoms with Crippen LogP contribution in [-0.4, -0.2) is 11.1 Å². The van der Waals surface area contributed by atoms with Gasteiger partial charge in [0.15, 0.2) is 0 Å². The zero-order valence-electron chi connectivity index (χ0n) is 9.68. The van der Waals surface area contributed by atoms with E-state index in [-0.39, 0.29) is 0 Å². The molecular weight excluding hydrogens is 212 g/mol. The number of carboxylic acid groups (broad SMARTS) is 1. The number of hydrogen-bond acceptors (Lipinski definition) is 1. The molecule has 0 atom stereocenters. The molecule has 0 fully saturated rings. The summed E-state index contributed by atoms with van der Waals surface area (Å²) < 4.78 is 0. The molecule has 17 heavy (non-hydrogen) atoms. The fraction of sp³-hybridized carbons (Fsp3) is 0.133. The third kappa shape index (κ3) is 2.94. The lowest BCUT2D eigenvalue weighted by Gasteiger charge is -2.03. The van der Waals surface area contributed by atoms with Gasteiger partial charge in [0.05, 0.1) is 5.56 Å². The van der Waals surface area contributed by atoms with Gasteiger partial charge in [-0.25, -0.2) is 4.79 Å². The smallest absolute Gasteiger partial charge is 0.335 e. The number of benzene rings is 2. The van der Waals surface area contributed by atoms with Crippen molar-refractivity contribution in [2.24, 2.45) is 0 Å². The molecule has 2 nitrogen and oxygen atoms in total. The van der Waals surface area contributed by atoms with Gasteiger partial charge in [-0.3, -0.25) is 0 Å². The largest absolute Gasteiger partial charge is 0.478 e. The normalized spacial score (nSPS) is 10.2. The number of carbonyl (C=O) groups is 1. The number of hydrogen-bond donors (Lipinski definition) is 1. The van der Waals surface area contributed by atoms with E-state index in [0.717, 1.165) is 12.0 Å². The number of carboxylic acids is 1. The highest BCUT2D eigenvalue weighted by atomic mass is 16.4. The van der Waals surface area contributed by atoms with Crippen molar-refractivity contribution in [1.29, 1.82) is 0 Å². The van der Waals surface area contributed by atoms with Crippen molar-refractivity contribution >= 4 is 5.97 Å². The van der Waals surface area contributed by atoms with Gasteiger partial charge < -0.3 is 5.11 Å². The minimum atomic E-state index is -0.882. The summed E-state index contributed by atoms with van der Waals surface area (Å²) in [4.78, 5) is 10.7. The molecule has 0 heterocycles. The van der Waals surface area contributed by atoms with Gasteiger partial charge >= 0.3 is 5.97 Å². The van der Waals surface area contributed by atoms with E-state index in [1.54, 1.807) is 12.1 Å². The van der Waals surface area contributed by atoms with Crippen molar-refractivity contribution in [1.82, 2.24) is 0 Å². The van der Waals surface area contributed by atoms with Crippen molar-refractivity contribution < 1.29 is 9.90 Å². The van der Waals surface area contributed by atoms with E-state index in [1.807, 2.05) is 18.2 Å². The summed E-state index contributed by atoms with van der Waals surface area (Å²) in [5, 5.41) is 8.80. The van der Waals surface area contributed by atoms with Crippen LogP contribution in [0.4, 0.5) is 0 Å². The van der Waals surface area contributed by atoms with Crippen molar-refractivity contribution in [3.8, 4) is 0 Å². The van der Waals surface area contributed by atoms with Gasteiger partial charge in [0.2, 0.25) is 0 Å². The summed E-state index contributed by atoms with van der Waals surface area (Å²) in [6.45, 7) is 2.07. The molecule has 0 spiro atoms. The Morgan fingerprint density at radius 3 is 2.35 bits per heavy atom. The molecule has 0 unspecified atom stereocenters. The second-order valence-corrected chi connectivity index (χ2v) is 4.17. The maximum Gasteiger partial charge on any atom is 0.335 e. The lowest BCUT2D eigenvalue weighted by Crippen LogP contribution is -1.96. The van der Waals surface area contributed by atoms with Gasteiger partial charge in [-0.15, -0.1) is 0 Å². The van der Waals surface area contributed by atoms with Crippen molar-refractivity contribution in [3.63, 3.8) is 0 Å². The van der Waals surface area contributed by atoms with E-state index in [9.17, 15) is 4.79 Å². The summed E-state index contributed by atoms with van der Waals surface area (Å²) in [7, 11) is 0. The number of rotatable bonds is 3. The predicted molar refractivity (Wildman–Crippen MR) is 67.4 cm³/mol. The molecule has 2 heteroatoms. The molecule has 0 bridgehead atoms. The van der Waals surface area contributed by atoms with Crippen LogP contribution in [0.1, 0.15) is 27.0 Å². The number of aryl methyl sites for hydroxylation is 1. The fourth-order valence-corrected chi connectivity index (χ4v) is 1.82. The Hall–Kier alpha value is -2.09. The molecule has 2 aromatic rings. The van der Waals surface area contributed by atoms with Gasteiger partial charge in [0.25, 0.3) is 0 Å². The average molecular weight is 226 g/mol. The predicted octanol–water partition coefficient (Wildman–Crippen LogP) is 3.28. The molecule has 1 N–H and O–H groups in total.